The molecule has 0 aliphatic heterocycles. The number of ether oxygens (including phenoxy) is 1. The Bertz CT molecular complexity index is 778. The minimum atomic E-state index is -1.03. The number of carbonyl (C=O) groups is 2. The van der Waals surface area contributed by atoms with E-state index < -0.39 is 23.5 Å². The summed E-state index contributed by atoms with van der Waals surface area (Å²) in [6.45, 7) is 1.71. The summed E-state index contributed by atoms with van der Waals surface area (Å²) in [7, 11) is 1.30. The van der Waals surface area contributed by atoms with Crippen LogP contribution >= 0.6 is 0 Å². The highest BCUT2D eigenvalue weighted by Gasteiger charge is 2.09. The quantitative estimate of drug-likeness (QED) is 0.825. The first kappa shape index (κ1) is 17.4. The number of esters is 1. The maximum atomic E-state index is 13.1. The highest BCUT2D eigenvalue weighted by atomic mass is 19.2. The monoisotopic (exact) mass is 334 g/mol. The molecule has 7 heteroatoms. The Hall–Kier alpha value is -2.96. The van der Waals surface area contributed by atoms with Crippen LogP contribution in [0.1, 0.15) is 15.9 Å². The van der Waals surface area contributed by atoms with Gasteiger partial charge in [0.05, 0.1) is 19.2 Å². The standard InChI is InChI=1S/C17H16F2N2O3/c1-10-7-11(17(23)24-2)3-6-15(10)20-9-16(22)21-12-4-5-13(18)14(19)8-12/h3-8,20H,9H2,1-2H3,(H,21,22). The second-order valence-electron chi connectivity index (χ2n) is 5.05. The Labute approximate surface area is 137 Å². The van der Waals surface area contributed by atoms with E-state index in [1.165, 1.54) is 13.2 Å². The number of nitrogens with one attached hydrogen (secondary N) is 2. The summed E-state index contributed by atoms with van der Waals surface area (Å²) < 4.78 is 30.6. The Morgan fingerprint density at radius 1 is 1.08 bits per heavy atom. The van der Waals surface area contributed by atoms with Crippen molar-refractivity contribution in [2.45, 2.75) is 6.92 Å². The van der Waals surface area contributed by atoms with Gasteiger partial charge in [-0.3, -0.25) is 4.79 Å². The van der Waals surface area contributed by atoms with Crippen LogP contribution < -0.4 is 10.6 Å². The van der Waals surface area contributed by atoms with Crippen molar-refractivity contribution >= 4 is 23.3 Å². The molecule has 0 saturated heterocycles. The predicted octanol–water partition coefficient (Wildman–Crippen LogP) is 3.11. The van der Waals surface area contributed by atoms with Crippen molar-refractivity contribution in [3.8, 4) is 0 Å². The zero-order valence-corrected chi connectivity index (χ0v) is 13.2. The van der Waals surface area contributed by atoms with Crippen LogP contribution in [-0.4, -0.2) is 25.5 Å². The highest BCUT2D eigenvalue weighted by molar-refractivity contribution is 5.94. The molecule has 0 spiro atoms. The SMILES string of the molecule is COC(=O)c1ccc(NCC(=O)Nc2ccc(F)c(F)c2)c(C)c1. The normalized spacial score (nSPS) is 10.2. The Morgan fingerprint density at radius 3 is 2.46 bits per heavy atom. The highest BCUT2D eigenvalue weighted by Crippen LogP contribution is 2.17. The second kappa shape index (κ2) is 7.54. The minimum absolute atomic E-state index is 0.0720. The first-order chi connectivity index (χ1) is 11.4. The van der Waals surface area contributed by atoms with Crippen LogP contribution in [0.2, 0.25) is 0 Å². The van der Waals surface area contributed by atoms with Gasteiger partial charge in [-0.15, -0.1) is 0 Å². The third kappa shape index (κ3) is 4.28. The maximum absolute atomic E-state index is 13.1. The fourth-order valence-corrected chi connectivity index (χ4v) is 2.06. The molecule has 2 rings (SSSR count). The summed E-state index contributed by atoms with van der Waals surface area (Å²) in [5.74, 6) is -2.87. The van der Waals surface area contributed by atoms with Gasteiger partial charge in [0.2, 0.25) is 5.91 Å². The van der Waals surface area contributed by atoms with Gasteiger partial charge in [-0.1, -0.05) is 0 Å². The summed E-state index contributed by atoms with van der Waals surface area (Å²) in [6.07, 6.45) is 0. The fraction of sp³-hybridized carbons (Fsp3) is 0.176. The molecule has 0 aromatic heterocycles. The number of amides is 1. The largest absolute Gasteiger partial charge is 0.465 e. The lowest BCUT2D eigenvalue weighted by atomic mass is 10.1. The summed E-state index contributed by atoms with van der Waals surface area (Å²) in [5, 5.41) is 5.37. The zero-order chi connectivity index (χ0) is 17.7. The van der Waals surface area contributed by atoms with Gasteiger partial charge in [0, 0.05) is 17.4 Å². The zero-order valence-electron chi connectivity index (χ0n) is 13.2. The summed E-state index contributed by atoms with van der Waals surface area (Å²) >= 11 is 0. The van der Waals surface area contributed by atoms with Crippen LogP contribution in [0.5, 0.6) is 0 Å². The minimum Gasteiger partial charge on any atom is -0.465 e. The molecule has 0 fully saturated rings. The van der Waals surface area contributed by atoms with Gasteiger partial charge in [0.25, 0.3) is 0 Å². The van der Waals surface area contributed by atoms with Crippen LogP contribution in [0.4, 0.5) is 20.2 Å². The van der Waals surface area contributed by atoms with Crippen LogP contribution in [0.25, 0.3) is 0 Å². The molecule has 2 aromatic carbocycles. The molecule has 5 nitrogen and oxygen atoms in total. The van der Waals surface area contributed by atoms with Crippen molar-refractivity contribution in [1.82, 2.24) is 0 Å². The summed E-state index contributed by atoms with van der Waals surface area (Å²) in [6, 6.07) is 7.99. The van der Waals surface area contributed by atoms with E-state index in [0.29, 0.717) is 11.3 Å². The molecular formula is C17H16F2N2O3. The van der Waals surface area contributed by atoms with Crippen molar-refractivity contribution in [2.24, 2.45) is 0 Å². The van der Waals surface area contributed by atoms with E-state index in [1.807, 2.05) is 0 Å². The molecule has 0 bridgehead atoms. The van der Waals surface area contributed by atoms with Crippen molar-refractivity contribution in [1.29, 1.82) is 0 Å². The van der Waals surface area contributed by atoms with Gasteiger partial charge in [0.15, 0.2) is 11.6 Å². The van der Waals surface area contributed by atoms with Gasteiger partial charge >= 0.3 is 5.97 Å². The van der Waals surface area contributed by atoms with Crippen LogP contribution in [0, 0.1) is 18.6 Å². The Morgan fingerprint density at radius 2 is 1.83 bits per heavy atom. The molecule has 2 N–H and O–H groups in total. The first-order valence-electron chi connectivity index (χ1n) is 7.08. The molecule has 0 unspecified atom stereocenters. The van der Waals surface area contributed by atoms with Gasteiger partial charge in [-0.05, 0) is 42.8 Å². The lowest BCUT2D eigenvalue weighted by Gasteiger charge is -2.11. The smallest absolute Gasteiger partial charge is 0.337 e. The molecule has 0 aliphatic rings. The van der Waals surface area contributed by atoms with E-state index in [9.17, 15) is 18.4 Å². The number of anilines is 2. The van der Waals surface area contributed by atoms with Crippen LogP contribution in [0.15, 0.2) is 36.4 Å². The molecule has 0 radical (unpaired) electrons. The van der Waals surface area contributed by atoms with E-state index >= 15 is 0 Å². The molecule has 2 aromatic rings. The third-order valence-electron chi connectivity index (χ3n) is 3.29. The molecule has 0 aliphatic carbocycles. The molecule has 0 atom stereocenters. The fourth-order valence-electron chi connectivity index (χ4n) is 2.06. The lowest BCUT2D eigenvalue weighted by Crippen LogP contribution is -2.22. The number of carbonyl (C=O) groups excluding carboxylic acids is 2. The third-order valence-corrected chi connectivity index (χ3v) is 3.29. The average Bonchev–Trinajstić information content (AvgIpc) is 2.56. The van der Waals surface area contributed by atoms with Crippen molar-refractivity contribution in [3.05, 3.63) is 59.2 Å². The van der Waals surface area contributed by atoms with E-state index in [1.54, 1.807) is 25.1 Å². The van der Waals surface area contributed by atoms with Crippen molar-refractivity contribution < 1.29 is 23.1 Å². The van der Waals surface area contributed by atoms with Gasteiger partial charge < -0.3 is 15.4 Å². The van der Waals surface area contributed by atoms with Gasteiger partial charge in [0.1, 0.15) is 0 Å². The molecule has 0 saturated carbocycles. The average molecular weight is 334 g/mol. The number of hydrogen-bond donors (Lipinski definition) is 2. The van der Waals surface area contributed by atoms with Gasteiger partial charge in [-0.25, -0.2) is 13.6 Å². The first-order valence-corrected chi connectivity index (χ1v) is 7.08. The predicted molar refractivity (Wildman–Crippen MR) is 86.0 cm³/mol. The molecule has 24 heavy (non-hydrogen) atoms. The number of methoxy groups -OCH3 is 1. The number of halogens is 2. The topological polar surface area (TPSA) is 67.4 Å². The van der Waals surface area contributed by atoms with Crippen LogP contribution in [0.3, 0.4) is 0 Å². The molecule has 1 amide bonds. The van der Waals surface area contributed by atoms with Gasteiger partial charge in [-0.2, -0.15) is 0 Å². The van der Waals surface area contributed by atoms with E-state index in [0.717, 1.165) is 17.7 Å². The van der Waals surface area contributed by atoms with E-state index in [2.05, 4.69) is 15.4 Å². The summed E-state index contributed by atoms with van der Waals surface area (Å²) in [5.41, 5.74) is 2.01. The Kier molecular flexibility index (Phi) is 5.47. The number of aryl methyl sites for hydroxylation is 1. The Balaban J connectivity index is 1.96. The molecular weight excluding hydrogens is 318 g/mol. The second-order valence-corrected chi connectivity index (χ2v) is 5.05. The maximum Gasteiger partial charge on any atom is 0.337 e. The number of hydrogen-bond acceptors (Lipinski definition) is 4. The molecule has 0 heterocycles. The number of rotatable bonds is 5. The summed E-state index contributed by atoms with van der Waals surface area (Å²) in [4.78, 5) is 23.3. The van der Waals surface area contributed by atoms with E-state index in [4.69, 9.17) is 0 Å². The van der Waals surface area contributed by atoms with Crippen LogP contribution in [-0.2, 0) is 9.53 Å². The molecule has 126 valence electrons. The van der Waals surface area contributed by atoms with Crippen molar-refractivity contribution in [3.63, 3.8) is 0 Å². The van der Waals surface area contributed by atoms with Crippen molar-refractivity contribution in [2.75, 3.05) is 24.3 Å². The number of benzene rings is 2. The lowest BCUT2D eigenvalue weighted by molar-refractivity contribution is -0.114. The van der Waals surface area contributed by atoms with E-state index in [-0.39, 0.29) is 12.2 Å².